The van der Waals surface area contributed by atoms with Crippen molar-refractivity contribution in [1.82, 2.24) is 0 Å². The largest absolute Gasteiger partial charge is 0.216 e. The molecule has 0 aromatic carbocycles. The van der Waals surface area contributed by atoms with Gasteiger partial charge >= 0.3 is 0 Å². The molecule has 0 bridgehead atoms. The lowest BCUT2D eigenvalue weighted by atomic mass is 10.5. The number of rotatable bonds is 1. The first-order valence-electron chi connectivity index (χ1n) is 2.95. The molecule has 0 amide bonds. The summed E-state index contributed by atoms with van der Waals surface area (Å²) >= 11 is 11.2. The Morgan fingerprint density at radius 1 is 1.33 bits per heavy atom. The molecule has 0 spiro atoms. The van der Waals surface area contributed by atoms with Crippen LogP contribution in [0.15, 0.2) is 0 Å². The maximum atomic E-state index is 4.62. The van der Waals surface area contributed by atoms with Crippen LogP contribution < -0.4 is 0 Å². The van der Waals surface area contributed by atoms with E-state index in [1.54, 1.807) is 0 Å². The van der Waals surface area contributed by atoms with E-state index in [0.717, 1.165) is 5.25 Å². The van der Waals surface area contributed by atoms with Gasteiger partial charge in [-0.25, -0.2) is 7.23 Å². The predicted molar refractivity (Wildman–Crippen MR) is 59.9 cm³/mol. The fourth-order valence-corrected chi connectivity index (χ4v) is 7.59. The summed E-state index contributed by atoms with van der Waals surface area (Å²) in [7, 11) is -1.76. The van der Waals surface area contributed by atoms with Crippen LogP contribution >= 0.6 is 42.3 Å². The van der Waals surface area contributed by atoms with Crippen molar-refractivity contribution < 1.29 is 0 Å². The van der Waals surface area contributed by atoms with Crippen molar-refractivity contribution in [3.63, 3.8) is 0 Å². The van der Waals surface area contributed by atoms with Gasteiger partial charge in [-0.3, -0.25) is 0 Å². The van der Waals surface area contributed by atoms with Crippen molar-refractivity contribution in [2.24, 2.45) is 0 Å². The highest BCUT2D eigenvalue weighted by molar-refractivity contribution is 9.26. The molecular weight excluding hydrogens is 188 g/mol. The van der Waals surface area contributed by atoms with Crippen LogP contribution in [-0.4, -0.2) is 29.3 Å². The highest BCUT2D eigenvalue weighted by atomic mass is 33.6. The number of hydrogen-bond donors (Lipinski definition) is 3. The van der Waals surface area contributed by atoms with Crippen LogP contribution in [0, 0.1) is 0 Å². The molecule has 1 aliphatic heterocycles. The Kier molecular flexibility index (Phi) is 2.07. The molecule has 1 aliphatic rings. The summed E-state index contributed by atoms with van der Waals surface area (Å²) in [6.45, 7) is 0. The zero-order valence-electron chi connectivity index (χ0n) is 5.74. The molecule has 0 nitrogen and oxygen atoms in total. The molecule has 0 radical (unpaired) electrons. The minimum atomic E-state index is -1.76. The van der Waals surface area contributed by atoms with E-state index in [9.17, 15) is 0 Å². The van der Waals surface area contributed by atoms with E-state index >= 15 is 0 Å². The highest BCUT2D eigenvalue weighted by Gasteiger charge is 2.36. The van der Waals surface area contributed by atoms with Crippen LogP contribution in [0.1, 0.15) is 0 Å². The van der Waals surface area contributed by atoms with Crippen LogP contribution in [-0.2, 0) is 0 Å². The van der Waals surface area contributed by atoms with Gasteiger partial charge in [-0.05, 0) is 12.5 Å². The molecule has 0 aromatic heterocycles. The molecule has 1 rings (SSSR count). The minimum absolute atomic E-state index is 0.799. The van der Waals surface area contributed by atoms with Crippen LogP contribution in [0.5, 0.6) is 0 Å². The van der Waals surface area contributed by atoms with E-state index in [0.29, 0.717) is 0 Å². The molecule has 0 unspecified atom stereocenters. The van der Waals surface area contributed by atoms with E-state index < -0.39 is 7.23 Å². The Balaban J connectivity index is 2.58. The quantitative estimate of drug-likeness (QED) is 0.432. The lowest BCUT2D eigenvalue weighted by molar-refractivity contribution is 1.07. The SMILES string of the molecule is C[SH](C)(S)(S)C1CSC1. The number of thiol groups is 3. The van der Waals surface area contributed by atoms with E-state index in [1.807, 2.05) is 11.8 Å². The van der Waals surface area contributed by atoms with Crippen molar-refractivity contribution >= 4 is 42.3 Å². The summed E-state index contributed by atoms with van der Waals surface area (Å²) in [5.41, 5.74) is 0. The Hall–Kier alpha value is 1.40. The monoisotopic (exact) mass is 202 g/mol. The van der Waals surface area contributed by atoms with E-state index in [1.165, 1.54) is 11.5 Å². The molecule has 1 saturated heterocycles. The normalized spacial score (nSPS) is 26.4. The molecule has 0 atom stereocenters. The zero-order valence-corrected chi connectivity index (χ0v) is 9.24. The maximum absolute atomic E-state index is 4.62. The van der Waals surface area contributed by atoms with Gasteiger partial charge in [0.1, 0.15) is 0 Å². The lowest BCUT2D eigenvalue weighted by Crippen LogP contribution is -2.32. The second-order valence-electron chi connectivity index (χ2n) is 3.28. The third-order valence-corrected chi connectivity index (χ3v) is 7.89. The fraction of sp³-hybridized carbons (Fsp3) is 1.00. The second kappa shape index (κ2) is 2.19. The van der Waals surface area contributed by atoms with Gasteiger partial charge in [0.2, 0.25) is 0 Å². The third kappa shape index (κ3) is 2.17. The molecular formula is C5H14S4. The second-order valence-corrected chi connectivity index (χ2v) is 17.6. The average molecular weight is 202 g/mol. The molecule has 1 heterocycles. The molecule has 0 N–H and O–H groups in total. The zero-order chi connectivity index (χ0) is 7.15. The Morgan fingerprint density at radius 2 is 1.78 bits per heavy atom. The van der Waals surface area contributed by atoms with E-state index in [-0.39, 0.29) is 0 Å². The predicted octanol–water partition coefficient (Wildman–Crippen LogP) is 2.12. The minimum Gasteiger partial charge on any atom is -0.216 e. The van der Waals surface area contributed by atoms with Crippen molar-refractivity contribution in [2.45, 2.75) is 5.25 Å². The molecule has 9 heavy (non-hydrogen) atoms. The van der Waals surface area contributed by atoms with Crippen LogP contribution in [0.2, 0.25) is 0 Å². The van der Waals surface area contributed by atoms with Gasteiger partial charge in [0.05, 0.1) is 0 Å². The molecule has 4 heteroatoms. The van der Waals surface area contributed by atoms with E-state index in [2.05, 4.69) is 35.8 Å². The average Bonchev–Trinajstić information content (AvgIpc) is 1.11. The first kappa shape index (κ1) is 8.50. The topological polar surface area (TPSA) is 0 Å². The van der Waals surface area contributed by atoms with E-state index in [4.69, 9.17) is 0 Å². The van der Waals surface area contributed by atoms with Gasteiger partial charge in [-0.2, -0.15) is 11.8 Å². The van der Waals surface area contributed by atoms with Crippen molar-refractivity contribution in [3.05, 3.63) is 0 Å². The van der Waals surface area contributed by atoms with Gasteiger partial charge in [-0.15, -0.1) is 23.3 Å². The number of thioether (sulfide) groups is 1. The number of hydrogen-bond acceptors (Lipinski definition) is 3. The van der Waals surface area contributed by atoms with Gasteiger partial charge in [0.15, 0.2) is 0 Å². The van der Waals surface area contributed by atoms with Crippen LogP contribution in [0.4, 0.5) is 0 Å². The summed E-state index contributed by atoms with van der Waals surface area (Å²) in [6, 6.07) is 0. The van der Waals surface area contributed by atoms with Gasteiger partial charge in [0.25, 0.3) is 0 Å². The summed E-state index contributed by atoms with van der Waals surface area (Å²) in [5, 5.41) is 0.799. The molecule has 58 valence electrons. The van der Waals surface area contributed by atoms with Gasteiger partial charge in [-0.1, -0.05) is 0 Å². The standard InChI is InChI=1S/C5H14S4/c1-9(2,6,7)5-3-8-4-5/h5-7,9H,3-4H2,1-2H3. The molecule has 1 fully saturated rings. The summed E-state index contributed by atoms with van der Waals surface area (Å²) in [5.74, 6) is 2.55. The van der Waals surface area contributed by atoms with Crippen molar-refractivity contribution in [3.8, 4) is 0 Å². The first-order valence-corrected chi connectivity index (χ1v) is 9.61. The first-order chi connectivity index (χ1) is 3.86. The molecule has 0 saturated carbocycles. The lowest BCUT2D eigenvalue weighted by Gasteiger charge is -2.55. The Morgan fingerprint density at radius 3 is 1.78 bits per heavy atom. The summed E-state index contributed by atoms with van der Waals surface area (Å²) in [6.07, 6.45) is 4.42. The van der Waals surface area contributed by atoms with Crippen LogP contribution in [0.25, 0.3) is 0 Å². The smallest absolute Gasteiger partial charge is 0.00754 e. The summed E-state index contributed by atoms with van der Waals surface area (Å²) in [4.78, 5) is 0. The third-order valence-electron chi connectivity index (χ3n) is 1.68. The van der Waals surface area contributed by atoms with Crippen LogP contribution in [0.3, 0.4) is 0 Å². The van der Waals surface area contributed by atoms with Crippen molar-refractivity contribution in [1.29, 1.82) is 0 Å². The molecule has 0 aliphatic carbocycles. The Labute approximate surface area is 71.5 Å². The molecule has 0 aromatic rings. The fourth-order valence-electron chi connectivity index (χ4n) is 0.655. The van der Waals surface area contributed by atoms with Gasteiger partial charge < -0.3 is 0 Å². The van der Waals surface area contributed by atoms with Crippen molar-refractivity contribution in [2.75, 3.05) is 24.0 Å². The van der Waals surface area contributed by atoms with Gasteiger partial charge in [0, 0.05) is 16.8 Å². The maximum Gasteiger partial charge on any atom is 0.00754 e. The summed E-state index contributed by atoms with van der Waals surface area (Å²) < 4.78 is 0. The highest BCUT2D eigenvalue weighted by Crippen LogP contribution is 2.77. The Bertz CT molecular complexity index is 109.